The van der Waals surface area contributed by atoms with Crippen LogP contribution >= 0.6 is 15.9 Å². The summed E-state index contributed by atoms with van der Waals surface area (Å²) in [4.78, 5) is 12.7. The van der Waals surface area contributed by atoms with Gasteiger partial charge >= 0.3 is 5.97 Å². The Kier molecular flexibility index (Phi) is 5.72. The fourth-order valence-corrected chi connectivity index (χ4v) is 3.07. The van der Waals surface area contributed by atoms with E-state index in [9.17, 15) is 9.18 Å². The maximum Gasteiger partial charge on any atom is 0.317 e. The number of aliphatic carboxylic acids is 1. The number of carbonyl (C=O) groups is 1. The van der Waals surface area contributed by atoms with E-state index in [0.29, 0.717) is 28.7 Å². The van der Waals surface area contributed by atoms with E-state index in [-0.39, 0.29) is 12.4 Å². The summed E-state index contributed by atoms with van der Waals surface area (Å²) in [5, 5.41) is 12.2. The quantitative estimate of drug-likeness (QED) is 0.786. The Morgan fingerprint density at radius 2 is 2.24 bits per heavy atom. The molecule has 1 aromatic carbocycles. The molecule has 4 nitrogen and oxygen atoms in total. The second-order valence-electron chi connectivity index (χ2n) is 5.37. The van der Waals surface area contributed by atoms with Gasteiger partial charge in [-0.05, 0) is 41.4 Å². The van der Waals surface area contributed by atoms with Gasteiger partial charge in [0.1, 0.15) is 5.82 Å². The molecule has 1 saturated carbocycles. The van der Waals surface area contributed by atoms with E-state index < -0.39 is 5.97 Å². The SMILES string of the molecule is CCN(CC(=O)O)C1CC(NCc2cccc(Br)c2F)C1. The zero-order valence-corrected chi connectivity index (χ0v) is 13.6. The minimum absolute atomic E-state index is 0.0914. The summed E-state index contributed by atoms with van der Waals surface area (Å²) in [6.45, 7) is 3.30. The molecule has 0 spiro atoms. The molecule has 0 unspecified atom stereocenters. The first-order chi connectivity index (χ1) is 10.0. The Bertz CT molecular complexity index is 506. The van der Waals surface area contributed by atoms with Crippen molar-refractivity contribution in [2.24, 2.45) is 0 Å². The Hall–Kier alpha value is -0.980. The zero-order chi connectivity index (χ0) is 15.4. The summed E-state index contributed by atoms with van der Waals surface area (Å²) in [5.74, 6) is -1.01. The molecule has 0 bridgehead atoms. The number of nitrogens with one attached hydrogen (secondary N) is 1. The van der Waals surface area contributed by atoms with Crippen molar-refractivity contribution in [3.63, 3.8) is 0 Å². The molecule has 2 rings (SSSR count). The summed E-state index contributed by atoms with van der Waals surface area (Å²) >= 11 is 3.18. The molecule has 1 aliphatic rings. The Balaban J connectivity index is 1.78. The molecule has 1 fully saturated rings. The average Bonchev–Trinajstić information content (AvgIpc) is 2.39. The molecule has 2 N–H and O–H groups in total. The number of halogens is 2. The molecule has 0 aromatic heterocycles. The molecular formula is C15H20BrFN2O2. The van der Waals surface area contributed by atoms with Crippen LogP contribution in [0.4, 0.5) is 4.39 Å². The molecule has 0 radical (unpaired) electrons. The number of carboxylic acids is 1. The Labute approximate surface area is 132 Å². The predicted molar refractivity (Wildman–Crippen MR) is 82.6 cm³/mol. The number of benzene rings is 1. The second kappa shape index (κ2) is 7.33. The number of nitrogens with zero attached hydrogens (tertiary/aromatic N) is 1. The third-order valence-corrected chi connectivity index (χ3v) is 4.60. The first kappa shape index (κ1) is 16.4. The molecule has 1 aliphatic carbocycles. The number of rotatable bonds is 7. The van der Waals surface area contributed by atoms with Crippen molar-refractivity contribution in [2.75, 3.05) is 13.1 Å². The van der Waals surface area contributed by atoms with Crippen molar-refractivity contribution < 1.29 is 14.3 Å². The third-order valence-electron chi connectivity index (χ3n) is 3.99. The van der Waals surface area contributed by atoms with Gasteiger partial charge in [-0.3, -0.25) is 9.69 Å². The lowest BCUT2D eigenvalue weighted by Gasteiger charge is -2.42. The van der Waals surface area contributed by atoms with Crippen LogP contribution in [0.3, 0.4) is 0 Å². The van der Waals surface area contributed by atoms with Crippen molar-refractivity contribution in [1.29, 1.82) is 0 Å². The highest BCUT2D eigenvalue weighted by atomic mass is 79.9. The van der Waals surface area contributed by atoms with E-state index in [4.69, 9.17) is 5.11 Å². The number of carboxylic acid groups (broad SMARTS) is 1. The van der Waals surface area contributed by atoms with Crippen molar-refractivity contribution in [1.82, 2.24) is 10.2 Å². The van der Waals surface area contributed by atoms with Crippen LogP contribution in [0.2, 0.25) is 0 Å². The maximum absolute atomic E-state index is 13.8. The first-order valence-corrected chi connectivity index (χ1v) is 7.92. The minimum atomic E-state index is -0.788. The van der Waals surface area contributed by atoms with E-state index in [0.717, 1.165) is 19.4 Å². The summed E-state index contributed by atoms with van der Waals surface area (Å²) in [6, 6.07) is 5.92. The van der Waals surface area contributed by atoms with Crippen molar-refractivity contribution >= 4 is 21.9 Å². The van der Waals surface area contributed by atoms with E-state index >= 15 is 0 Å². The van der Waals surface area contributed by atoms with Crippen LogP contribution in [0.15, 0.2) is 22.7 Å². The highest BCUT2D eigenvalue weighted by Crippen LogP contribution is 2.26. The highest BCUT2D eigenvalue weighted by Gasteiger charge is 2.33. The highest BCUT2D eigenvalue weighted by molar-refractivity contribution is 9.10. The van der Waals surface area contributed by atoms with E-state index in [1.165, 1.54) is 0 Å². The van der Waals surface area contributed by atoms with Gasteiger partial charge in [0, 0.05) is 24.2 Å². The lowest BCUT2D eigenvalue weighted by molar-refractivity contribution is -0.139. The topological polar surface area (TPSA) is 52.6 Å². The second-order valence-corrected chi connectivity index (χ2v) is 6.23. The number of hydrogen-bond donors (Lipinski definition) is 2. The maximum atomic E-state index is 13.8. The molecule has 0 amide bonds. The molecule has 0 atom stereocenters. The van der Waals surface area contributed by atoms with Gasteiger partial charge in [-0.2, -0.15) is 0 Å². The molecule has 116 valence electrons. The fraction of sp³-hybridized carbons (Fsp3) is 0.533. The molecule has 0 heterocycles. The smallest absolute Gasteiger partial charge is 0.317 e. The van der Waals surface area contributed by atoms with Crippen molar-refractivity contribution in [2.45, 2.75) is 38.4 Å². The lowest BCUT2D eigenvalue weighted by Crippen LogP contribution is -2.53. The first-order valence-electron chi connectivity index (χ1n) is 7.13. The van der Waals surface area contributed by atoms with Gasteiger partial charge in [0.25, 0.3) is 0 Å². The van der Waals surface area contributed by atoms with Gasteiger partial charge in [0.15, 0.2) is 0 Å². The van der Waals surface area contributed by atoms with Gasteiger partial charge in [-0.25, -0.2) is 4.39 Å². The van der Waals surface area contributed by atoms with Gasteiger partial charge < -0.3 is 10.4 Å². The van der Waals surface area contributed by atoms with E-state index in [1.54, 1.807) is 12.1 Å². The molecule has 0 aliphatic heterocycles. The number of likely N-dealkylation sites (N-methyl/N-ethyl adjacent to an activating group) is 1. The van der Waals surface area contributed by atoms with Crippen LogP contribution in [0.5, 0.6) is 0 Å². The predicted octanol–water partition coefficient (Wildman–Crippen LogP) is 2.62. The standard InChI is InChI=1S/C15H20BrFN2O2/c1-2-19(9-14(20)21)12-6-11(7-12)18-8-10-4-3-5-13(16)15(10)17/h3-5,11-12,18H,2,6-9H2,1H3,(H,20,21). The third kappa shape index (κ3) is 4.25. The van der Waals surface area contributed by atoms with Gasteiger partial charge in [-0.1, -0.05) is 19.1 Å². The monoisotopic (exact) mass is 358 g/mol. The van der Waals surface area contributed by atoms with Gasteiger partial charge in [-0.15, -0.1) is 0 Å². The normalized spacial score (nSPS) is 21.3. The fourth-order valence-electron chi connectivity index (χ4n) is 2.66. The van der Waals surface area contributed by atoms with Gasteiger partial charge in [0.2, 0.25) is 0 Å². The Morgan fingerprint density at radius 3 is 2.86 bits per heavy atom. The van der Waals surface area contributed by atoms with Crippen LogP contribution < -0.4 is 5.32 Å². The molecule has 0 saturated heterocycles. The summed E-state index contributed by atoms with van der Waals surface area (Å²) in [5.41, 5.74) is 0.644. The van der Waals surface area contributed by atoms with Crippen LogP contribution in [0, 0.1) is 5.82 Å². The van der Waals surface area contributed by atoms with Crippen LogP contribution in [0.1, 0.15) is 25.3 Å². The molecule has 6 heteroatoms. The zero-order valence-electron chi connectivity index (χ0n) is 12.0. The molecule has 21 heavy (non-hydrogen) atoms. The summed E-state index contributed by atoms with van der Waals surface area (Å²) < 4.78 is 14.3. The molecule has 1 aromatic rings. The molecular weight excluding hydrogens is 339 g/mol. The minimum Gasteiger partial charge on any atom is -0.480 e. The van der Waals surface area contributed by atoms with Crippen LogP contribution in [0.25, 0.3) is 0 Å². The number of hydrogen-bond acceptors (Lipinski definition) is 3. The Morgan fingerprint density at radius 1 is 1.52 bits per heavy atom. The van der Waals surface area contributed by atoms with Crippen molar-refractivity contribution in [3.8, 4) is 0 Å². The van der Waals surface area contributed by atoms with Crippen molar-refractivity contribution in [3.05, 3.63) is 34.1 Å². The van der Waals surface area contributed by atoms with E-state index in [2.05, 4.69) is 21.2 Å². The summed E-state index contributed by atoms with van der Waals surface area (Å²) in [7, 11) is 0. The largest absolute Gasteiger partial charge is 0.480 e. The summed E-state index contributed by atoms with van der Waals surface area (Å²) in [6.07, 6.45) is 1.83. The van der Waals surface area contributed by atoms with Crippen LogP contribution in [-0.4, -0.2) is 41.1 Å². The van der Waals surface area contributed by atoms with E-state index in [1.807, 2.05) is 17.9 Å². The lowest BCUT2D eigenvalue weighted by atomic mass is 9.85. The van der Waals surface area contributed by atoms with Crippen LogP contribution in [-0.2, 0) is 11.3 Å². The van der Waals surface area contributed by atoms with Gasteiger partial charge in [0.05, 0.1) is 11.0 Å². The average molecular weight is 359 g/mol.